The zero-order valence-corrected chi connectivity index (χ0v) is 19.5. The summed E-state index contributed by atoms with van der Waals surface area (Å²) in [6.07, 6.45) is -0.983. The fraction of sp³-hybridized carbons (Fsp3) is 0.148. The van der Waals surface area contributed by atoms with Gasteiger partial charge in [-0.05, 0) is 53.1 Å². The second-order valence-corrected chi connectivity index (χ2v) is 10.1. The van der Waals surface area contributed by atoms with Crippen LogP contribution in [0, 0.1) is 6.92 Å². The van der Waals surface area contributed by atoms with E-state index in [2.05, 4.69) is 5.32 Å². The van der Waals surface area contributed by atoms with E-state index in [0.717, 1.165) is 21.9 Å². The molecule has 1 aliphatic rings. The Morgan fingerprint density at radius 1 is 0.971 bits per heavy atom. The molecule has 0 aromatic heterocycles. The van der Waals surface area contributed by atoms with E-state index in [1.165, 1.54) is 4.31 Å². The van der Waals surface area contributed by atoms with Crippen molar-refractivity contribution >= 4 is 32.4 Å². The lowest BCUT2D eigenvalue weighted by atomic mass is 10.0. The third kappa shape index (κ3) is 4.10. The van der Waals surface area contributed by atoms with E-state index in [-0.39, 0.29) is 17.3 Å². The molecule has 1 atom stereocenters. The van der Waals surface area contributed by atoms with Gasteiger partial charge in [-0.1, -0.05) is 66.7 Å². The molecule has 7 heteroatoms. The minimum atomic E-state index is -3.88. The van der Waals surface area contributed by atoms with Crippen LogP contribution in [0.15, 0.2) is 95.9 Å². The second-order valence-electron chi connectivity index (χ2n) is 8.28. The number of fused-ring (bicyclic) bond motifs is 2. The Labute approximate surface area is 198 Å². The Balaban J connectivity index is 1.42. The first-order valence-electron chi connectivity index (χ1n) is 11.0. The topological polar surface area (TPSA) is 75.7 Å². The molecule has 0 spiro atoms. The quantitative estimate of drug-likeness (QED) is 0.467. The maximum atomic E-state index is 13.5. The predicted molar refractivity (Wildman–Crippen MR) is 132 cm³/mol. The maximum Gasteiger partial charge on any atom is 0.264 e. The van der Waals surface area contributed by atoms with E-state index in [0.29, 0.717) is 18.0 Å². The lowest BCUT2D eigenvalue weighted by Crippen LogP contribution is -2.50. The highest BCUT2D eigenvalue weighted by Gasteiger charge is 2.37. The molecule has 0 aliphatic carbocycles. The zero-order chi connectivity index (χ0) is 23.7. The molecule has 1 N–H and O–H groups in total. The number of nitrogens with one attached hydrogen (secondary N) is 1. The average Bonchev–Trinajstić information content (AvgIpc) is 2.87. The number of amides is 1. The van der Waals surface area contributed by atoms with Crippen LogP contribution < -0.4 is 14.4 Å². The first kappa shape index (κ1) is 22.0. The summed E-state index contributed by atoms with van der Waals surface area (Å²) in [5, 5.41) is 5.08. The SMILES string of the molecule is Cc1ccc2c(c1)N(S(=O)(=O)c1ccccc1)C[C@H](C(=O)NCc1cccc3ccccc13)O2. The molecule has 4 aromatic carbocycles. The first-order chi connectivity index (χ1) is 16.4. The second kappa shape index (κ2) is 8.83. The molecule has 0 unspecified atom stereocenters. The number of hydrogen-bond acceptors (Lipinski definition) is 4. The largest absolute Gasteiger partial charge is 0.476 e. The van der Waals surface area contributed by atoms with E-state index in [1.54, 1.807) is 42.5 Å². The molecule has 0 bridgehead atoms. The number of sulfonamides is 1. The molecule has 5 rings (SSSR count). The van der Waals surface area contributed by atoms with Crippen LogP contribution in [0.25, 0.3) is 10.8 Å². The number of aryl methyl sites for hydroxylation is 1. The van der Waals surface area contributed by atoms with Crippen LogP contribution in [0.2, 0.25) is 0 Å². The normalized spacial score (nSPS) is 15.4. The Morgan fingerprint density at radius 3 is 2.53 bits per heavy atom. The van der Waals surface area contributed by atoms with Gasteiger partial charge >= 0.3 is 0 Å². The molecule has 6 nitrogen and oxygen atoms in total. The number of carbonyl (C=O) groups excluding carboxylic acids is 1. The summed E-state index contributed by atoms with van der Waals surface area (Å²) in [6.45, 7) is 2.08. The summed E-state index contributed by atoms with van der Waals surface area (Å²) in [6, 6.07) is 27.5. The number of nitrogens with zero attached hydrogens (tertiary/aromatic N) is 1. The summed E-state index contributed by atoms with van der Waals surface area (Å²) in [7, 11) is -3.88. The molecule has 1 amide bonds. The fourth-order valence-corrected chi connectivity index (χ4v) is 5.68. The molecule has 1 aliphatic heterocycles. The molecule has 1 heterocycles. The van der Waals surface area contributed by atoms with Crippen molar-refractivity contribution in [2.75, 3.05) is 10.8 Å². The Bertz CT molecular complexity index is 1460. The van der Waals surface area contributed by atoms with E-state index in [9.17, 15) is 13.2 Å². The van der Waals surface area contributed by atoms with Crippen molar-refractivity contribution in [3.05, 3.63) is 102 Å². The van der Waals surface area contributed by atoms with Gasteiger partial charge in [0.05, 0.1) is 17.1 Å². The van der Waals surface area contributed by atoms with Crippen molar-refractivity contribution in [2.45, 2.75) is 24.5 Å². The van der Waals surface area contributed by atoms with Gasteiger partial charge in [0, 0.05) is 6.54 Å². The van der Waals surface area contributed by atoms with Crippen LogP contribution in [0.4, 0.5) is 5.69 Å². The van der Waals surface area contributed by atoms with Crippen LogP contribution >= 0.6 is 0 Å². The summed E-state index contributed by atoms with van der Waals surface area (Å²) >= 11 is 0. The van der Waals surface area contributed by atoms with Gasteiger partial charge in [-0.2, -0.15) is 0 Å². The van der Waals surface area contributed by atoms with Crippen LogP contribution in [-0.4, -0.2) is 27.0 Å². The summed E-state index contributed by atoms with van der Waals surface area (Å²) in [5.41, 5.74) is 2.31. The van der Waals surface area contributed by atoms with Gasteiger partial charge in [0.25, 0.3) is 15.9 Å². The molecule has 172 valence electrons. The number of rotatable bonds is 5. The van der Waals surface area contributed by atoms with Crippen LogP contribution in [-0.2, 0) is 21.4 Å². The fourth-order valence-electron chi connectivity index (χ4n) is 4.19. The highest BCUT2D eigenvalue weighted by Crippen LogP contribution is 2.37. The average molecular weight is 473 g/mol. The van der Waals surface area contributed by atoms with E-state index >= 15 is 0 Å². The van der Waals surface area contributed by atoms with Crippen LogP contribution in [0.5, 0.6) is 5.75 Å². The predicted octanol–water partition coefficient (Wildman–Crippen LogP) is 4.42. The highest BCUT2D eigenvalue weighted by molar-refractivity contribution is 7.92. The number of ether oxygens (including phenoxy) is 1. The lowest BCUT2D eigenvalue weighted by molar-refractivity contribution is -0.127. The van der Waals surface area contributed by atoms with Gasteiger partial charge in [0.1, 0.15) is 5.75 Å². The number of carbonyl (C=O) groups is 1. The molecular formula is C27H24N2O4S. The van der Waals surface area contributed by atoms with Gasteiger partial charge in [0.15, 0.2) is 6.10 Å². The smallest absolute Gasteiger partial charge is 0.264 e. The monoisotopic (exact) mass is 472 g/mol. The zero-order valence-electron chi connectivity index (χ0n) is 18.6. The Morgan fingerprint density at radius 2 is 1.71 bits per heavy atom. The number of anilines is 1. The lowest BCUT2D eigenvalue weighted by Gasteiger charge is -2.35. The third-order valence-electron chi connectivity index (χ3n) is 5.94. The minimum absolute atomic E-state index is 0.116. The van der Waals surface area contributed by atoms with Crippen molar-refractivity contribution in [3.8, 4) is 5.75 Å². The van der Waals surface area contributed by atoms with Gasteiger partial charge in [-0.3, -0.25) is 9.10 Å². The highest BCUT2D eigenvalue weighted by atomic mass is 32.2. The molecule has 0 saturated carbocycles. The van der Waals surface area contributed by atoms with Crippen molar-refractivity contribution in [3.63, 3.8) is 0 Å². The van der Waals surface area contributed by atoms with Gasteiger partial charge in [0.2, 0.25) is 0 Å². The number of hydrogen-bond donors (Lipinski definition) is 1. The van der Waals surface area contributed by atoms with E-state index in [1.807, 2.05) is 55.5 Å². The molecular weight excluding hydrogens is 448 g/mol. The van der Waals surface area contributed by atoms with Crippen molar-refractivity contribution in [2.24, 2.45) is 0 Å². The van der Waals surface area contributed by atoms with Gasteiger partial charge in [-0.15, -0.1) is 0 Å². The molecule has 0 radical (unpaired) electrons. The van der Waals surface area contributed by atoms with Gasteiger partial charge in [-0.25, -0.2) is 8.42 Å². The molecule has 34 heavy (non-hydrogen) atoms. The van der Waals surface area contributed by atoms with Crippen molar-refractivity contribution in [1.82, 2.24) is 5.32 Å². The Kier molecular flexibility index (Phi) is 5.71. The minimum Gasteiger partial charge on any atom is -0.476 e. The summed E-state index contributed by atoms with van der Waals surface area (Å²) < 4.78 is 34.2. The third-order valence-corrected chi connectivity index (χ3v) is 7.73. The maximum absolute atomic E-state index is 13.5. The van der Waals surface area contributed by atoms with Crippen molar-refractivity contribution < 1.29 is 17.9 Å². The van der Waals surface area contributed by atoms with E-state index in [4.69, 9.17) is 4.74 Å². The molecule has 0 fully saturated rings. The molecule has 4 aromatic rings. The number of benzene rings is 4. The first-order valence-corrected chi connectivity index (χ1v) is 12.5. The van der Waals surface area contributed by atoms with Crippen molar-refractivity contribution in [1.29, 1.82) is 0 Å². The van der Waals surface area contributed by atoms with E-state index < -0.39 is 16.1 Å². The summed E-state index contributed by atoms with van der Waals surface area (Å²) in [4.78, 5) is 13.3. The molecule has 0 saturated heterocycles. The Hall–Kier alpha value is -3.84. The summed E-state index contributed by atoms with van der Waals surface area (Å²) in [5.74, 6) is -0.00547. The standard InChI is InChI=1S/C27H24N2O4S/c1-19-14-15-25-24(16-19)29(34(31,32)22-11-3-2-4-12-22)18-26(33-25)27(30)28-17-21-10-7-9-20-8-5-6-13-23(20)21/h2-16,26H,17-18H2,1H3,(H,28,30)/t26-/m1/s1. The van der Waals surface area contributed by atoms with Crippen LogP contribution in [0.1, 0.15) is 11.1 Å². The van der Waals surface area contributed by atoms with Gasteiger partial charge < -0.3 is 10.1 Å². The van der Waals surface area contributed by atoms with Crippen LogP contribution in [0.3, 0.4) is 0 Å².